The molecule has 1 aliphatic rings. The molecule has 2 rings (SSSR count). The summed E-state index contributed by atoms with van der Waals surface area (Å²) in [7, 11) is 0. The molecule has 0 spiro atoms. The second-order valence-corrected chi connectivity index (χ2v) is 8.11. The number of aromatic nitrogens is 1. The Hall–Kier alpha value is -1.93. The topological polar surface area (TPSA) is 77.2 Å². The lowest BCUT2D eigenvalue weighted by atomic mass is 9.97. The van der Waals surface area contributed by atoms with Gasteiger partial charge in [0.15, 0.2) is 0 Å². The fourth-order valence-corrected chi connectivity index (χ4v) is 3.80. The number of nitrogens with zero attached hydrogens (tertiary/aromatic N) is 1. The van der Waals surface area contributed by atoms with Crippen LogP contribution in [-0.4, -0.2) is 30.1 Å². The standard InChI is InChI=1S/C19H25F2N3O2S/c1-10(2)7-16(27-11(3)4)14-8-15(17(22)25)24-18-13(14)6-5-12(26-18)9-23-19(20)21/h7-8,10,12,19,23H,3,5-6,9H2,1-2,4H3,(H2,22,25)/b16-7-. The molecule has 1 atom stereocenters. The molecule has 1 aliphatic heterocycles. The zero-order chi connectivity index (χ0) is 20.1. The van der Waals surface area contributed by atoms with Gasteiger partial charge in [-0.25, -0.2) is 4.98 Å². The first-order chi connectivity index (χ1) is 12.7. The van der Waals surface area contributed by atoms with Gasteiger partial charge in [0, 0.05) is 17.0 Å². The van der Waals surface area contributed by atoms with E-state index in [2.05, 4.69) is 36.8 Å². The maximum absolute atomic E-state index is 12.4. The molecule has 2 heterocycles. The lowest BCUT2D eigenvalue weighted by Gasteiger charge is -2.28. The van der Waals surface area contributed by atoms with Crippen molar-refractivity contribution >= 4 is 22.6 Å². The van der Waals surface area contributed by atoms with Crippen LogP contribution in [0.4, 0.5) is 8.78 Å². The van der Waals surface area contributed by atoms with Crippen molar-refractivity contribution in [2.75, 3.05) is 6.54 Å². The highest BCUT2D eigenvalue weighted by Gasteiger charge is 2.27. The smallest absolute Gasteiger partial charge is 0.292 e. The molecule has 1 aromatic heterocycles. The van der Waals surface area contributed by atoms with Crippen molar-refractivity contribution in [3.8, 4) is 5.88 Å². The molecule has 3 N–H and O–H groups in total. The molecule has 0 aliphatic carbocycles. The van der Waals surface area contributed by atoms with Gasteiger partial charge in [-0.15, -0.1) is 0 Å². The van der Waals surface area contributed by atoms with E-state index in [1.165, 1.54) is 11.8 Å². The summed E-state index contributed by atoms with van der Waals surface area (Å²) in [5.74, 6) is -0.106. The quantitative estimate of drug-likeness (QED) is 0.650. The van der Waals surface area contributed by atoms with Crippen LogP contribution in [-0.2, 0) is 6.42 Å². The van der Waals surface area contributed by atoms with Crippen LogP contribution >= 0.6 is 11.8 Å². The highest BCUT2D eigenvalue weighted by Crippen LogP contribution is 2.40. The summed E-state index contributed by atoms with van der Waals surface area (Å²) in [6.45, 7) is 7.38. The zero-order valence-corrected chi connectivity index (χ0v) is 16.5. The van der Waals surface area contributed by atoms with E-state index in [1.807, 2.05) is 6.92 Å². The average Bonchev–Trinajstić information content (AvgIpc) is 2.57. The van der Waals surface area contributed by atoms with Crippen LogP contribution < -0.4 is 15.8 Å². The Bertz CT molecular complexity index is 751. The minimum Gasteiger partial charge on any atom is -0.473 e. The minimum atomic E-state index is -2.61. The summed E-state index contributed by atoms with van der Waals surface area (Å²) < 4.78 is 30.6. The summed E-state index contributed by atoms with van der Waals surface area (Å²) >= 11 is 1.51. The Labute approximate surface area is 162 Å². The first-order valence-electron chi connectivity index (χ1n) is 8.74. The minimum absolute atomic E-state index is 0.00409. The molecular formula is C19H25F2N3O2S. The molecular weight excluding hydrogens is 372 g/mol. The van der Waals surface area contributed by atoms with Gasteiger partial charge in [-0.1, -0.05) is 38.3 Å². The van der Waals surface area contributed by atoms with E-state index in [4.69, 9.17) is 10.5 Å². The van der Waals surface area contributed by atoms with E-state index in [9.17, 15) is 13.6 Å². The van der Waals surface area contributed by atoms with Crippen molar-refractivity contribution in [3.63, 3.8) is 0 Å². The number of allylic oxidation sites excluding steroid dienone is 2. The van der Waals surface area contributed by atoms with Crippen molar-refractivity contribution in [1.29, 1.82) is 0 Å². The predicted octanol–water partition coefficient (Wildman–Crippen LogP) is 3.95. The van der Waals surface area contributed by atoms with Crippen LogP contribution in [0.5, 0.6) is 5.88 Å². The van der Waals surface area contributed by atoms with Crippen molar-refractivity contribution in [2.24, 2.45) is 11.7 Å². The number of amides is 1. The van der Waals surface area contributed by atoms with Gasteiger partial charge in [-0.3, -0.25) is 10.1 Å². The average molecular weight is 397 g/mol. The largest absolute Gasteiger partial charge is 0.473 e. The maximum Gasteiger partial charge on any atom is 0.292 e. The summed E-state index contributed by atoms with van der Waals surface area (Å²) in [5, 5.41) is 2.07. The molecule has 0 saturated heterocycles. The van der Waals surface area contributed by atoms with E-state index < -0.39 is 18.6 Å². The van der Waals surface area contributed by atoms with E-state index in [0.29, 0.717) is 12.8 Å². The Morgan fingerprint density at radius 1 is 1.56 bits per heavy atom. The number of hydrogen-bond acceptors (Lipinski definition) is 5. The monoisotopic (exact) mass is 397 g/mol. The predicted molar refractivity (Wildman–Crippen MR) is 105 cm³/mol. The lowest BCUT2D eigenvalue weighted by molar-refractivity contribution is 0.0790. The number of rotatable bonds is 8. The van der Waals surface area contributed by atoms with Crippen molar-refractivity contribution in [2.45, 2.75) is 46.3 Å². The van der Waals surface area contributed by atoms with E-state index in [-0.39, 0.29) is 24.0 Å². The highest BCUT2D eigenvalue weighted by atomic mass is 32.2. The van der Waals surface area contributed by atoms with Crippen molar-refractivity contribution in [3.05, 3.63) is 40.4 Å². The SMILES string of the molecule is C=C(C)S/C(=C\C(C)C)c1cc(C(N)=O)nc2c1CCC(CNC(F)F)O2. The first kappa shape index (κ1) is 21.4. The summed E-state index contributed by atoms with van der Waals surface area (Å²) in [4.78, 5) is 17.8. The third kappa shape index (κ3) is 6.04. The van der Waals surface area contributed by atoms with Crippen LogP contribution in [0.2, 0.25) is 0 Å². The van der Waals surface area contributed by atoms with Crippen LogP contribution in [0.25, 0.3) is 4.91 Å². The maximum atomic E-state index is 12.4. The van der Waals surface area contributed by atoms with E-state index in [0.717, 1.165) is 20.9 Å². The summed E-state index contributed by atoms with van der Waals surface area (Å²) in [6.07, 6.45) is 2.83. The van der Waals surface area contributed by atoms with E-state index in [1.54, 1.807) is 6.07 Å². The van der Waals surface area contributed by atoms with Gasteiger partial charge < -0.3 is 10.5 Å². The Kier molecular flexibility index (Phi) is 7.38. The van der Waals surface area contributed by atoms with Gasteiger partial charge in [0.1, 0.15) is 11.8 Å². The molecule has 0 bridgehead atoms. The second-order valence-electron chi connectivity index (χ2n) is 6.77. The van der Waals surface area contributed by atoms with Crippen LogP contribution in [0.3, 0.4) is 0 Å². The molecule has 0 fully saturated rings. The van der Waals surface area contributed by atoms with Gasteiger partial charge in [-0.05, 0) is 42.2 Å². The van der Waals surface area contributed by atoms with Crippen molar-refractivity contribution < 1.29 is 18.3 Å². The first-order valence-corrected chi connectivity index (χ1v) is 9.56. The molecule has 0 saturated carbocycles. The summed E-state index contributed by atoms with van der Waals surface area (Å²) in [5.41, 5.74) is 7.21. The van der Waals surface area contributed by atoms with E-state index >= 15 is 0 Å². The second kappa shape index (κ2) is 9.32. The lowest BCUT2D eigenvalue weighted by Crippen LogP contribution is -2.37. The van der Waals surface area contributed by atoms with Crippen molar-refractivity contribution in [1.82, 2.24) is 10.3 Å². The number of fused-ring (bicyclic) bond motifs is 1. The third-order valence-corrected chi connectivity index (χ3v) is 4.79. The number of halogens is 2. The van der Waals surface area contributed by atoms with Gasteiger partial charge >= 0.3 is 0 Å². The number of thioether (sulfide) groups is 1. The number of pyridine rings is 1. The number of nitrogens with one attached hydrogen (secondary N) is 1. The molecule has 0 radical (unpaired) electrons. The third-order valence-electron chi connectivity index (χ3n) is 3.87. The van der Waals surface area contributed by atoms with Crippen LogP contribution in [0, 0.1) is 5.92 Å². The molecule has 1 aromatic rings. The number of hydrogen-bond donors (Lipinski definition) is 2. The van der Waals surface area contributed by atoms with Gasteiger partial charge in [0.05, 0.1) is 0 Å². The number of alkyl halides is 2. The number of carbonyl (C=O) groups is 1. The molecule has 27 heavy (non-hydrogen) atoms. The normalized spacial score (nSPS) is 17.0. The van der Waals surface area contributed by atoms with Gasteiger partial charge in [0.25, 0.3) is 12.5 Å². The van der Waals surface area contributed by atoms with Crippen LogP contribution in [0.15, 0.2) is 23.6 Å². The molecule has 1 amide bonds. The molecule has 1 unspecified atom stereocenters. The zero-order valence-electron chi connectivity index (χ0n) is 15.7. The van der Waals surface area contributed by atoms with Crippen LogP contribution in [0.1, 0.15) is 48.8 Å². The number of nitrogens with two attached hydrogens (primary N) is 1. The molecule has 0 aromatic carbocycles. The fraction of sp³-hybridized carbons (Fsp3) is 0.474. The summed E-state index contributed by atoms with van der Waals surface area (Å²) in [6, 6.07) is 1.67. The Morgan fingerprint density at radius 3 is 2.81 bits per heavy atom. The Balaban J connectivity index is 2.46. The van der Waals surface area contributed by atoms with Gasteiger partial charge in [-0.2, -0.15) is 8.78 Å². The molecule has 8 heteroatoms. The Morgan fingerprint density at radius 2 is 2.26 bits per heavy atom. The molecule has 5 nitrogen and oxygen atoms in total. The number of primary amides is 1. The molecule has 148 valence electrons. The highest BCUT2D eigenvalue weighted by molar-refractivity contribution is 8.11. The number of carbonyl (C=O) groups excluding carboxylic acids is 1. The van der Waals surface area contributed by atoms with Gasteiger partial charge in [0.2, 0.25) is 5.88 Å². The fourth-order valence-electron chi connectivity index (χ4n) is 2.79. The number of ether oxygens (including phenoxy) is 1.